The Labute approximate surface area is 566 Å². The summed E-state index contributed by atoms with van der Waals surface area (Å²) < 4.78 is 27.9. The van der Waals surface area contributed by atoms with Crippen molar-refractivity contribution in [3.05, 3.63) is 140 Å². The normalized spacial score (nSPS) is 33.4. The molecule has 4 aromatic carbocycles. The number of hydrogen-bond donors (Lipinski definition) is 0. The zero-order chi connectivity index (χ0) is 67.3. The molecule has 6 unspecified atom stereocenters. The summed E-state index contributed by atoms with van der Waals surface area (Å²) in [6.45, 7) is 35.0. The smallest absolute Gasteiger partial charge is 0.312 e. The first-order valence-electron chi connectivity index (χ1n) is 37.6. The lowest BCUT2D eigenvalue weighted by atomic mass is 9.45. The van der Waals surface area contributed by atoms with Crippen LogP contribution in [0.4, 0.5) is 0 Å². The maximum Gasteiger partial charge on any atom is 0.312 e. The van der Waals surface area contributed by atoms with Crippen molar-refractivity contribution in [2.45, 2.75) is 291 Å². The van der Waals surface area contributed by atoms with Crippen LogP contribution in [0.2, 0.25) is 0 Å². The molecular weight excluding hydrogens is 1160 g/mol. The lowest BCUT2D eigenvalue weighted by molar-refractivity contribution is -0.190. The van der Waals surface area contributed by atoms with Gasteiger partial charge >= 0.3 is 23.9 Å². The minimum absolute atomic E-state index is 0.0142. The molecule has 0 bridgehead atoms. The predicted octanol–water partition coefficient (Wildman–Crippen LogP) is 19.9. The number of aryl methyl sites for hydroxylation is 4. The van der Waals surface area contributed by atoms with E-state index in [1.165, 1.54) is 66.8 Å². The molecule has 4 fully saturated rings. The molecule has 0 aromatic heterocycles. The Balaban J connectivity index is 0.906. The van der Waals surface area contributed by atoms with Gasteiger partial charge in [0.25, 0.3) is 0 Å². The van der Waals surface area contributed by atoms with E-state index in [0.717, 1.165) is 116 Å². The summed E-state index contributed by atoms with van der Waals surface area (Å²) in [6.07, 6.45) is 18.6. The highest BCUT2D eigenvalue weighted by Gasteiger charge is 2.62. The van der Waals surface area contributed by atoms with Crippen LogP contribution in [0, 0.1) is 50.7 Å². The summed E-state index contributed by atoms with van der Waals surface area (Å²) in [5.74, 6) is 0.0359. The van der Waals surface area contributed by atoms with Crippen LogP contribution in [0.5, 0.6) is 0 Å². The maximum absolute atomic E-state index is 15.9. The summed E-state index contributed by atoms with van der Waals surface area (Å²) in [7, 11) is 0. The van der Waals surface area contributed by atoms with Gasteiger partial charge in [0, 0.05) is 0 Å². The monoisotopic (exact) mass is 1280 g/mol. The number of benzene rings is 4. The van der Waals surface area contributed by atoms with Crippen LogP contribution in [0.15, 0.2) is 72.8 Å². The van der Waals surface area contributed by atoms with E-state index in [-0.39, 0.29) is 95.1 Å². The summed E-state index contributed by atoms with van der Waals surface area (Å²) in [5, 5.41) is 0. The summed E-state index contributed by atoms with van der Waals surface area (Å²) in [5.41, 5.74) is 11.0. The first kappa shape index (κ1) is 68.7. The molecule has 4 saturated carbocycles. The third kappa shape index (κ3) is 11.3. The van der Waals surface area contributed by atoms with Crippen molar-refractivity contribution in [2.24, 2.45) is 50.7 Å². The van der Waals surface area contributed by atoms with Crippen molar-refractivity contribution in [3.63, 3.8) is 0 Å². The molecular formula is C86H118O8. The summed E-state index contributed by atoms with van der Waals surface area (Å²) >= 11 is 0. The molecule has 0 radical (unpaired) electrons. The minimum Gasteiger partial charge on any atom is -0.464 e. The third-order valence-electron chi connectivity index (χ3n) is 28.6. The van der Waals surface area contributed by atoms with Gasteiger partial charge in [-0.15, -0.1) is 0 Å². The average molecular weight is 1280 g/mol. The molecule has 510 valence electrons. The van der Waals surface area contributed by atoms with Gasteiger partial charge < -0.3 is 18.9 Å². The van der Waals surface area contributed by atoms with Crippen LogP contribution < -0.4 is 0 Å². The quantitative estimate of drug-likeness (QED) is 0.0760. The molecule has 12 rings (SSSR count). The number of rotatable bonds is 17. The first-order valence-corrected chi connectivity index (χ1v) is 37.6. The van der Waals surface area contributed by atoms with Gasteiger partial charge in [-0.1, -0.05) is 195 Å². The van der Waals surface area contributed by atoms with E-state index in [0.29, 0.717) is 42.9 Å². The molecule has 0 N–H and O–H groups in total. The van der Waals surface area contributed by atoms with Crippen molar-refractivity contribution < 1.29 is 38.1 Å². The molecule has 0 amide bonds. The second kappa shape index (κ2) is 25.2. The van der Waals surface area contributed by atoms with E-state index in [4.69, 9.17) is 18.9 Å². The minimum atomic E-state index is -1.46. The fourth-order valence-electron chi connectivity index (χ4n) is 22.6. The molecule has 94 heavy (non-hydrogen) atoms. The highest BCUT2D eigenvalue weighted by Crippen LogP contribution is 2.64. The van der Waals surface area contributed by atoms with Crippen LogP contribution in [0.25, 0.3) is 0 Å². The lowest BCUT2D eigenvalue weighted by Gasteiger charge is -2.58. The zero-order valence-electron chi connectivity index (χ0n) is 61.0. The maximum atomic E-state index is 15.9. The lowest BCUT2D eigenvalue weighted by Crippen LogP contribution is -2.56. The second-order valence-electron chi connectivity index (χ2n) is 35.4. The number of esters is 4. The molecule has 4 aromatic rings. The van der Waals surface area contributed by atoms with Crippen molar-refractivity contribution in [2.75, 3.05) is 26.4 Å². The number of ether oxygens (including phenoxy) is 4. The SMILES string of the molecule is CC(C)c1ccc2c(c1)CCC1C2(C)CCC[C@@]1(C)C(=O)OCC(COC(=O)C(C)C12CCCC[C@@]1(C)c1ccc(C(C)C)cc1CC2)(COC(=O)[C@@]1(C)CCC[C@]2(C)c3ccc(C(C)C)cc3CCC12)COC(=O)[C@@]1(C)CCC[C@]2(C)c3ccc(C(C)C)cc3CCC12. The number of carbonyl (C=O) groups is 4. The van der Waals surface area contributed by atoms with Crippen molar-refractivity contribution in [1.29, 1.82) is 0 Å². The van der Waals surface area contributed by atoms with Gasteiger partial charge in [-0.25, -0.2) is 0 Å². The van der Waals surface area contributed by atoms with Crippen LogP contribution in [-0.2, 0) is 85.5 Å². The predicted molar refractivity (Wildman–Crippen MR) is 377 cm³/mol. The molecule has 0 heterocycles. The summed E-state index contributed by atoms with van der Waals surface area (Å²) in [6, 6.07) is 28.2. The van der Waals surface area contributed by atoms with Gasteiger partial charge in [-0.05, 0) is 259 Å². The Bertz CT molecular complexity index is 3280. The van der Waals surface area contributed by atoms with Crippen molar-refractivity contribution in [3.8, 4) is 0 Å². The highest BCUT2D eigenvalue weighted by molar-refractivity contribution is 5.80. The topological polar surface area (TPSA) is 105 Å². The zero-order valence-corrected chi connectivity index (χ0v) is 61.0. The molecule has 8 heteroatoms. The van der Waals surface area contributed by atoms with Gasteiger partial charge in [-0.3, -0.25) is 19.2 Å². The molecule has 8 aliphatic rings. The number of fused-ring (bicyclic) bond motifs is 12. The van der Waals surface area contributed by atoms with E-state index in [1.54, 1.807) is 0 Å². The average Bonchev–Trinajstić information content (AvgIpc) is 0.732. The van der Waals surface area contributed by atoms with E-state index < -0.39 is 27.6 Å². The fourth-order valence-corrected chi connectivity index (χ4v) is 22.6. The number of hydrogen-bond acceptors (Lipinski definition) is 8. The third-order valence-corrected chi connectivity index (χ3v) is 28.6. The molecule has 8 nitrogen and oxygen atoms in total. The van der Waals surface area contributed by atoms with Gasteiger partial charge in [0.05, 0.1) is 22.2 Å². The Hall–Kier alpha value is -5.24. The molecule has 0 saturated heterocycles. The van der Waals surface area contributed by atoms with Crippen molar-refractivity contribution in [1.82, 2.24) is 0 Å². The highest BCUT2D eigenvalue weighted by atomic mass is 16.6. The Morgan fingerprint density at radius 2 is 0.702 bits per heavy atom. The number of carbonyl (C=O) groups excluding carboxylic acids is 4. The van der Waals surface area contributed by atoms with Crippen LogP contribution in [0.1, 0.15) is 310 Å². The van der Waals surface area contributed by atoms with Crippen LogP contribution in [0.3, 0.4) is 0 Å². The molecule has 8 aliphatic carbocycles. The van der Waals surface area contributed by atoms with Gasteiger partial charge in [0.2, 0.25) is 0 Å². The Kier molecular flexibility index (Phi) is 18.4. The van der Waals surface area contributed by atoms with Gasteiger partial charge in [0.1, 0.15) is 31.8 Å². The van der Waals surface area contributed by atoms with Crippen LogP contribution in [-0.4, -0.2) is 50.3 Å². The van der Waals surface area contributed by atoms with Gasteiger partial charge in [0.15, 0.2) is 0 Å². The van der Waals surface area contributed by atoms with Crippen LogP contribution >= 0.6 is 0 Å². The van der Waals surface area contributed by atoms with E-state index >= 15 is 19.2 Å². The van der Waals surface area contributed by atoms with Crippen molar-refractivity contribution >= 4 is 23.9 Å². The van der Waals surface area contributed by atoms with E-state index in [2.05, 4.69) is 184 Å². The molecule has 0 spiro atoms. The Morgan fingerprint density at radius 3 is 1.05 bits per heavy atom. The first-order chi connectivity index (χ1) is 44.4. The van der Waals surface area contributed by atoms with E-state index in [1.807, 2.05) is 0 Å². The Morgan fingerprint density at radius 1 is 0.383 bits per heavy atom. The largest absolute Gasteiger partial charge is 0.464 e. The van der Waals surface area contributed by atoms with Gasteiger partial charge in [-0.2, -0.15) is 0 Å². The second-order valence-corrected chi connectivity index (χ2v) is 35.4. The fraction of sp³-hybridized carbons (Fsp3) is 0.674. The molecule has 12 atom stereocenters. The molecule has 0 aliphatic heterocycles. The standard InChI is InChI=1S/C86H118O8/c1-54(2)59-22-29-67-63(46-59)26-33-71-78(67,10)37-19-40-81(71,13)75(88)92-51-85(52-93-76(89)82(14)41-20-38-79(11)68-30-23-60(55(3)4)47-64(68)27-34-72(79)82,53-94-77(90)83(15)42-21-39-80(12)69-31-24-61(56(5)6)48-65(69)28-35-73(80)83)50-91-74(87)58(9)86-44-18-17-43-84(86,16)70-32-25-62(57(7)8)49-66(70)36-45-86/h22-25,29-32,46-49,54-58,71-73H,17-21,26-28,33-45,50-53H2,1-16H3/t58?,71?,72?,73?,78-,79-,80?,81+,82+,83-,84+,85?,86?/m1/s1. The summed E-state index contributed by atoms with van der Waals surface area (Å²) in [4.78, 5) is 63.3. The van der Waals surface area contributed by atoms with E-state index in [9.17, 15) is 0 Å².